The van der Waals surface area contributed by atoms with Crippen molar-refractivity contribution in [2.45, 2.75) is 38.0 Å². The third-order valence-corrected chi connectivity index (χ3v) is 3.53. The normalized spacial score (nSPS) is 17.6. The highest BCUT2D eigenvalue weighted by atomic mass is 16.4. The zero-order chi connectivity index (χ0) is 11.8. The summed E-state index contributed by atoms with van der Waals surface area (Å²) in [6, 6.07) is 1.97. The van der Waals surface area contributed by atoms with Gasteiger partial charge >= 0.3 is 5.97 Å². The van der Waals surface area contributed by atoms with Crippen molar-refractivity contribution in [2.75, 3.05) is 0 Å². The summed E-state index contributed by atoms with van der Waals surface area (Å²) >= 11 is 0. The maximum atomic E-state index is 10.8. The van der Waals surface area contributed by atoms with Crippen LogP contribution in [-0.4, -0.2) is 25.7 Å². The molecule has 0 spiro atoms. The minimum absolute atomic E-state index is 0.0893. The lowest BCUT2D eigenvalue weighted by atomic mass is 9.87. The molecular formula is C12H15N3O2. The molecule has 0 unspecified atom stereocenters. The number of carbonyl (C=O) groups is 1. The molecule has 0 amide bonds. The number of hydrogen-bond acceptors (Lipinski definition) is 2. The van der Waals surface area contributed by atoms with Crippen LogP contribution < -0.4 is 0 Å². The van der Waals surface area contributed by atoms with Gasteiger partial charge in [0.05, 0.1) is 6.20 Å². The Kier molecular flexibility index (Phi) is 2.39. The summed E-state index contributed by atoms with van der Waals surface area (Å²) in [6.45, 7) is 0. The van der Waals surface area contributed by atoms with Crippen molar-refractivity contribution in [1.82, 2.24) is 14.6 Å². The van der Waals surface area contributed by atoms with E-state index in [1.807, 2.05) is 6.07 Å². The number of rotatable bonds is 2. The number of carboxylic acid groups (broad SMARTS) is 1. The predicted molar refractivity (Wildman–Crippen MR) is 62.3 cm³/mol. The van der Waals surface area contributed by atoms with E-state index in [9.17, 15) is 4.79 Å². The van der Waals surface area contributed by atoms with Crippen LogP contribution in [0.5, 0.6) is 0 Å². The van der Waals surface area contributed by atoms with E-state index in [0.717, 1.165) is 0 Å². The molecule has 5 heteroatoms. The van der Waals surface area contributed by atoms with Crippen molar-refractivity contribution in [2.24, 2.45) is 0 Å². The fourth-order valence-electron chi connectivity index (χ4n) is 2.62. The molecule has 0 aromatic carbocycles. The number of carboxylic acids is 1. The lowest BCUT2D eigenvalue weighted by Crippen LogP contribution is -2.05. The van der Waals surface area contributed by atoms with E-state index in [1.165, 1.54) is 44.0 Å². The molecule has 1 saturated carbocycles. The molecule has 0 saturated heterocycles. The van der Waals surface area contributed by atoms with Crippen molar-refractivity contribution in [3.05, 3.63) is 23.7 Å². The van der Waals surface area contributed by atoms with Crippen LogP contribution in [0.2, 0.25) is 0 Å². The first-order valence-electron chi connectivity index (χ1n) is 6.05. The largest absolute Gasteiger partial charge is 0.476 e. The van der Waals surface area contributed by atoms with Gasteiger partial charge in [0.2, 0.25) is 0 Å². The van der Waals surface area contributed by atoms with Crippen molar-refractivity contribution in [1.29, 1.82) is 0 Å². The molecule has 2 heterocycles. The molecule has 1 fully saturated rings. The van der Waals surface area contributed by atoms with Crippen molar-refractivity contribution in [3.63, 3.8) is 0 Å². The summed E-state index contributed by atoms with van der Waals surface area (Å²) in [7, 11) is 0. The van der Waals surface area contributed by atoms with Gasteiger partial charge in [0, 0.05) is 17.7 Å². The highest BCUT2D eigenvalue weighted by molar-refractivity contribution is 5.86. The number of aromatic amines is 1. The molecule has 2 N–H and O–H groups in total. The minimum Gasteiger partial charge on any atom is -0.476 e. The summed E-state index contributed by atoms with van der Waals surface area (Å²) in [6.07, 6.45) is 7.87. The van der Waals surface area contributed by atoms with E-state index in [2.05, 4.69) is 10.1 Å². The summed E-state index contributed by atoms with van der Waals surface area (Å²) in [5.74, 6) is -0.403. The van der Waals surface area contributed by atoms with E-state index in [-0.39, 0.29) is 5.69 Å². The van der Waals surface area contributed by atoms with Crippen LogP contribution in [0.4, 0.5) is 0 Å². The molecule has 1 aliphatic carbocycles. The van der Waals surface area contributed by atoms with Crippen LogP contribution in [0.25, 0.3) is 5.65 Å². The van der Waals surface area contributed by atoms with E-state index in [0.29, 0.717) is 11.6 Å². The number of fused-ring (bicyclic) bond motifs is 1. The third-order valence-electron chi connectivity index (χ3n) is 3.53. The van der Waals surface area contributed by atoms with Gasteiger partial charge in [-0.05, 0) is 12.8 Å². The smallest absolute Gasteiger partial charge is 0.356 e. The zero-order valence-corrected chi connectivity index (χ0v) is 9.52. The van der Waals surface area contributed by atoms with Crippen molar-refractivity contribution >= 4 is 11.6 Å². The SMILES string of the molecule is O=C(O)c1cn2[nH]c(C3CCCCC3)cc2n1. The summed E-state index contributed by atoms with van der Waals surface area (Å²) in [5, 5.41) is 12.1. The molecule has 1 aliphatic rings. The second-order valence-corrected chi connectivity index (χ2v) is 4.71. The lowest BCUT2D eigenvalue weighted by Gasteiger charge is -2.19. The molecule has 0 aliphatic heterocycles. The number of hydrogen-bond donors (Lipinski definition) is 2. The number of aromatic nitrogens is 3. The summed E-state index contributed by atoms with van der Waals surface area (Å²) < 4.78 is 1.70. The highest BCUT2D eigenvalue weighted by Crippen LogP contribution is 2.32. The average molecular weight is 233 g/mol. The van der Waals surface area contributed by atoms with Crippen LogP contribution in [-0.2, 0) is 0 Å². The Morgan fingerprint density at radius 1 is 1.41 bits per heavy atom. The molecule has 2 aromatic rings. The topological polar surface area (TPSA) is 70.4 Å². The van der Waals surface area contributed by atoms with Crippen LogP contribution in [0, 0.1) is 0 Å². The Bertz CT molecular complexity index is 518. The molecule has 3 rings (SSSR count). The molecule has 0 bridgehead atoms. The second-order valence-electron chi connectivity index (χ2n) is 4.71. The maximum Gasteiger partial charge on any atom is 0.356 e. The van der Waals surface area contributed by atoms with Gasteiger partial charge in [-0.15, -0.1) is 0 Å². The average Bonchev–Trinajstić information content (AvgIpc) is 2.87. The fraction of sp³-hybridized carbons (Fsp3) is 0.500. The highest BCUT2D eigenvalue weighted by Gasteiger charge is 2.19. The number of aromatic carboxylic acids is 1. The number of H-pyrrole nitrogens is 1. The molecular weight excluding hydrogens is 218 g/mol. The van der Waals surface area contributed by atoms with Gasteiger partial charge in [0.1, 0.15) is 0 Å². The fourth-order valence-corrected chi connectivity index (χ4v) is 2.62. The monoisotopic (exact) mass is 233 g/mol. The number of nitrogens with one attached hydrogen (secondary N) is 1. The van der Waals surface area contributed by atoms with Gasteiger partial charge in [-0.1, -0.05) is 19.3 Å². The van der Waals surface area contributed by atoms with Crippen molar-refractivity contribution < 1.29 is 9.90 Å². The maximum absolute atomic E-state index is 10.8. The van der Waals surface area contributed by atoms with Crippen LogP contribution in [0.1, 0.15) is 54.2 Å². The Balaban J connectivity index is 1.91. The third kappa shape index (κ3) is 1.81. The summed E-state index contributed by atoms with van der Waals surface area (Å²) in [5.41, 5.74) is 1.97. The summed E-state index contributed by atoms with van der Waals surface area (Å²) in [4.78, 5) is 14.8. The zero-order valence-electron chi connectivity index (χ0n) is 9.52. The van der Waals surface area contributed by atoms with Gasteiger partial charge in [-0.3, -0.25) is 5.10 Å². The Labute approximate surface area is 98.5 Å². The van der Waals surface area contributed by atoms with Gasteiger partial charge in [0.25, 0.3) is 0 Å². The van der Waals surface area contributed by atoms with Crippen LogP contribution in [0.3, 0.4) is 0 Å². The van der Waals surface area contributed by atoms with Crippen LogP contribution in [0.15, 0.2) is 12.3 Å². The first-order chi connectivity index (χ1) is 8.24. The van der Waals surface area contributed by atoms with Crippen molar-refractivity contribution in [3.8, 4) is 0 Å². The first-order valence-corrected chi connectivity index (χ1v) is 6.05. The van der Waals surface area contributed by atoms with E-state index < -0.39 is 5.97 Å². The Morgan fingerprint density at radius 2 is 2.18 bits per heavy atom. The quantitative estimate of drug-likeness (QED) is 0.836. The molecule has 90 valence electrons. The second kappa shape index (κ2) is 3.91. The van der Waals surface area contributed by atoms with E-state index in [1.54, 1.807) is 4.52 Å². The minimum atomic E-state index is -0.985. The molecule has 17 heavy (non-hydrogen) atoms. The number of imidazole rings is 1. The predicted octanol–water partition coefficient (Wildman–Crippen LogP) is 2.41. The molecule has 5 nitrogen and oxygen atoms in total. The standard InChI is InChI=1S/C12H15N3O2/c16-12(17)10-7-15-11(13-10)6-9(14-15)8-4-2-1-3-5-8/h6-8,14H,1-5H2,(H,16,17). The Hall–Kier alpha value is -1.78. The van der Waals surface area contributed by atoms with Gasteiger partial charge in [0.15, 0.2) is 11.3 Å². The molecule has 2 aromatic heterocycles. The van der Waals surface area contributed by atoms with Crippen LogP contribution >= 0.6 is 0 Å². The van der Waals surface area contributed by atoms with Gasteiger partial charge < -0.3 is 5.11 Å². The number of nitrogens with zero attached hydrogens (tertiary/aromatic N) is 2. The van der Waals surface area contributed by atoms with E-state index in [4.69, 9.17) is 5.11 Å². The van der Waals surface area contributed by atoms with E-state index >= 15 is 0 Å². The van der Waals surface area contributed by atoms with Gasteiger partial charge in [-0.25, -0.2) is 14.3 Å². The first kappa shape index (κ1) is 10.4. The Morgan fingerprint density at radius 3 is 2.82 bits per heavy atom. The van der Waals surface area contributed by atoms with Gasteiger partial charge in [-0.2, -0.15) is 0 Å². The molecule has 0 radical (unpaired) electrons. The lowest BCUT2D eigenvalue weighted by molar-refractivity contribution is 0.0691. The molecule has 0 atom stereocenters.